The molecule has 26 heavy (non-hydrogen) atoms. The second-order valence-electron chi connectivity index (χ2n) is 5.84. The van der Waals surface area contributed by atoms with Gasteiger partial charge in [-0.2, -0.15) is 0 Å². The summed E-state index contributed by atoms with van der Waals surface area (Å²) >= 11 is 6.06. The number of benzene rings is 1. The van der Waals surface area contributed by atoms with Crippen molar-refractivity contribution in [3.05, 3.63) is 76.3 Å². The number of pyridine rings is 1. The van der Waals surface area contributed by atoms with Crippen LogP contribution in [0.3, 0.4) is 0 Å². The number of para-hydroxylation sites is 1. The number of nitrogens with zero attached hydrogens (tertiary/aromatic N) is 3. The Labute approximate surface area is 153 Å². The lowest BCUT2D eigenvalue weighted by Gasteiger charge is -2.12. The van der Waals surface area contributed by atoms with Gasteiger partial charge in [-0.3, -0.25) is 14.2 Å². The minimum atomic E-state index is -0.218. The van der Waals surface area contributed by atoms with Crippen LogP contribution in [-0.4, -0.2) is 19.9 Å². The van der Waals surface area contributed by atoms with Gasteiger partial charge in [-0.25, -0.2) is 4.98 Å². The zero-order valence-corrected chi connectivity index (χ0v) is 14.5. The van der Waals surface area contributed by atoms with Crippen LogP contribution < -0.4 is 10.9 Å². The third kappa shape index (κ3) is 2.84. The molecule has 0 spiro atoms. The second-order valence-corrected chi connectivity index (χ2v) is 6.25. The highest BCUT2D eigenvalue weighted by Gasteiger charge is 2.13. The summed E-state index contributed by atoms with van der Waals surface area (Å²) in [4.78, 5) is 29.4. The Morgan fingerprint density at radius 1 is 1.08 bits per heavy atom. The SMILES string of the molecule is O=C(CCn1c(=O)c2cccn2c2cccnc21)Nc1ccccc1Cl. The van der Waals surface area contributed by atoms with Gasteiger partial charge in [0, 0.05) is 25.4 Å². The maximum absolute atomic E-state index is 12.8. The maximum Gasteiger partial charge on any atom is 0.276 e. The van der Waals surface area contributed by atoms with Crippen molar-refractivity contribution in [3.8, 4) is 0 Å². The molecule has 0 fully saturated rings. The highest BCUT2D eigenvalue weighted by atomic mass is 35.5. The highest BCUT2D eigenvalue weighted by Crippen LogP contribution is 2.20. The van der Waals surface area contributed by atoms with Crippen LogP contribution in [-0.2, 0) is 11.3 Å². The summed E-state index contributed by atoms with van der Waals surface area (Å²) in [5.74, 6) is -0.218. The largest absolute Gasteiger partial charge is 0.325 e. The molecule has 1 aromatic carbocycles. The second kappa shape index (κ2) is 6.65. The molecule has 0 aliphatic heterocycles. The van der Waals surface area contributed by atoms with E-state index in [0.717, 1.165) is 5.52 Å². The van der Waals surface area contributed by atoms with E-state index in [0.29, 0.717) is 21.9 Å². The molecule has 7 heteroatoms. The molecular formula is C19H15ClN4O2. The van der Waals surface area contributed by atoms with Crippen LogP contribution in [0.1, 0.15) is 6.42 Å². The first-order valence-corrected chi connectivity index (χ1v) is 8.52. The number of aromatic nitrogens is 3. The van der Waals surface area contributed by atoms with Crippen molar-refractivity contribution >= 4 is 39.9 Å². The van der Waals surface area contributed by atoms with E-state index < -0.39 is 0 Å². The Kier molecular flexibility index (Phi) is 4.18. The Morgan fingerprint density at radius 3 is 2.73 bits per heavy atom. The summed E-state index contributed by atoms with van der Waals surface area (Å²) in [6.45, 7) is 0.227. The number of carbonyl (C=O) groups is 1. The first-order chi connectivity index (χ1) is 12.6. The van der Waals surface area contributed by atoms with Gasteiger partial charge >= 0.3 is 0 Å². The van der Waals surface area contributed by atoms with Gasteiger partial charge in [-0.05, 0) is 36.4 Å². The molecule has 130 valence electrons. The number of anilines is 1. The highest BCUT2D eigenvalue weighted by molar-refractivity contribution is 6.33. The van der Waals surface area contributed by atoms with Crippen molar-refractivity contribution in [1.29, 1.82) is 0 Å². The Bertz CT molecular complexity index is 1180. The standard InChI is InChI=1S/C19H15ClN4O2/c20-13-5-1-2-6-14(13)22-17(25)9-12-24-18-15(7-3-10-21-18)23-11-4-8-16(23)19(24)26/h1-8,10-11H,9,12H2,(H,22,25). The summed E-state index contributed by atoms with van der Waals surface area (Å²) in [6, 6.07) is 14.3. The molecule has 0 aliphatic rings. The van der Waals surface area contributed by atoms with E-state index in [2.05, 4.69) is 10.3 Å². The van der Waals surface area contributed by atoms with Gasteiger partial charge in [0.2, 0.25) is 5.91 Å². The third-order valence-corrected chi connectivity index (χ3v) is 4.53. The number of hydrogen-bond acceptors (Lipinski definition) is 3. The first-order valence-electron chi connectivity index (χ1n) is 8.14. The quantitative estimate of drug-likeness (QED) is 0.602. The Balaban J connectivity index is 1.64. The normalized spacial score (nSPS) is 11.1. The molecule has 0 radical (unpaired) electrons. The summed E-state index contributed by atoms with van der Waals surface area (Å²) in [7, 11) is 0. The Morgan fingerprint density at radius 2 is 1.88 bits per heavy atom. The van der Waals surface area contributed by atoms with E-state index in [1.54, 1.807) is 36.5 Å². The molecule has 0 atom stereocenters. The zero-order valence-electron chi connectivity index (χ0n) is 13.7. The third-order valence-electron chi connectivity index (χ3n) is 4.20. The van der Waals surface area contributed by atoms with Crippen LogP contribution in [0.2, 0.25) is 5.02 Å². The van der Waals surface area contributed by atoms with Crippen LogP contribution in [0.5, 0.6) is 0 Å². The maximum atomic E-state index is 12.8. The van der Waals surface area contributed by atoms with Gasteiger partial charge in [-0.1, -0.05) is 23.7 Å². The minimum Gasteiger partial charge on any atom is -0.325 e. The molecular weight excluding hydrogens is 352 g/mol. The van der Waals surface area contributed by atoms with Crippen molar-refractivity contribution < 1.29 is 4.79 Å². The molecule has 0 saturated carbocycles. The van der Waals surface area contributed by atoms with Gasteiger partial charge in [0.15, 0.2) is 5.65 Å². The molecule has 6 nitrogen and oxygen atoms in total. The monoisotopic (exact) mass is 366 g/mol. The smallest absolute Gasteiger partial charge is 0.276 e. The van der Waals surface area contributed by atoms with Crippen molar-refractivity contribution in [2.24, 2.45) is 0 Å². The number of rotatable bonds is 4. The first kappa shape index (κ1) is 16.4. The van der Waals surface area contributed by atoms with Crippen LogP contribution in [0.15, 0.2) is 65.7 Å². The van der Waals surface area contributed by atoms with Crippen molar-refractivity contribution in [2.45, 2.75) is 13.0 Å². The molecule has 3 aromatic heterocycles. The fraction of sp³-hybridized carbons (Fsp3) is 0.105. The van der Waals surface area contributed by atoms with E-state index in [9.17, 15) is 9.59 Å². The molecule has 3 heterocycles. The molecule has 0 bridgehead atoms. The lowest BCUT2D eigenvalue weighted by Crippen LogP contribution is -2.25. The molecule has 4 aromatic rings. The average molecular weight is 367 g/mol. The van der Waals surface area contributed by atoms with Crippen LogP contribution in [0.4, 0.5) is 5.69 Å². The number of carbonyl (C=O) groups excluding carboxylic acids is 1. The minimum absolute atomic E-state index is 0.133. The predicted molar refractivity (Wildman–Crippen MR) is 102 cm³/mol. The van der Waals surface area contributed by atoms with Crippen LogP contribution in [0.25, 0.3) is 16.7 Å². The molecule has 0 saturated heterocycles. The summed E-state index contributed by atoms with van der Waals surface area (Å²) in [6.07, 6.45) is 3.60. The molecule has 0 aliphatic carbocycles. The van der Waals surface area contributed by atoms with Gasteiger partial charge in [0.1, 0.15) is 5.52 Å². The van der Waals surface area contributed by atoms with E-state index in [1.807, 2.05) is 28.8 Å². The zero-order chi connectivity index (χ0) is 18.1. The summed E-state index contributed by atoms with van der Waals surface area (Å²) in [5, 5.41) is 3.24. The van der Waals surface area contributed by atoms with Crippen molar-refractivity contribution in [1.82, 2.24) is 14.0 Å². The van der Waals surface area contributed by atoms with Gasteiger partial charge < -0.3 is 9.72 Å². The number of nitrogens with one attached hydrogen (secondary N) is 1. The molecule has 1 N–H and O–H groups in total. The molecule has 0 unspecified atom stereocenters. The summed E-state index contributed by atoms with van der Waals surface area (Å²) in [5.41, 5.74) is 2.30. The lowest BCUT2D eigenvalue weighted by molar-refractivity contribution is -0.116. The lowest BCUT2D eigenvalue weighted by atomic mass is 10.3. The van der Waals surface area contributed by atoms with Crippen molar-refractivity contribution in [2.75, 3.05) is 5.32 Å². The van der Waals surface area contributed by atoms with Crippen LogP contribution >= 0.6 is 11.6 Å². The molecule has 1 amide bonds. The number of halogens is 1. The predicted octanol–water partition coefficient (Wildman–Crippen LogP) is 3.33. The fourth-order valence-electron chi connectivity index (χ4n) is 2.98. The molecule has 4 rings (SSSR count). The van der Waals surface area contributed by atoms with Crippen LogP contribution in [0, 0.1) is 0 Å². The van der Waals surface area contributed by atoms with E-state index in [-0.39, 0.29) is 24.4 Å². The fourth-order valence-corrected chi connectivity index (χ4v) is 3.16. The number of amides is 1. The van der Waals surface area contributed by atoms with Gasteiger partial charge in [0.05, 0.1) is 16.2 Å². The van der Waals surface area contributed by atoms with E-state index >= 15 is 0 Å². The van der Waals surface area contributed by atoms with E-state index in [4.69, 9.17) is 11.6 Å². The number of hydrogen-bond donors (Lipinski definition) is 1. The number of aryl methyl sites for hydroxylation is 1. The Hall–Kier alpha value is -3.12. The van der Waals surface area contributed by atoms with Crippen molar-refractivity contribution in [3.63, 3.8) is 0 Å². The van der Waals surface area contributed by atoms with Gasteiger partial charge in [-0.15, -0.1) is 0 Å². The number of fused-ring (bicyclic) bond motifs is 3. The summed E-state index contributed by atoms with van der Waals surface area (Å²) < 4.78 is 3.35. The van der Waals surface area contributed by atoms with Gasteiger partial charge in [0.25, 0.3) is 5.56 Å². The average Bonchev–Trinajstić information content (AvgIpc) is 3.14. The topological polar surface area (TPSA) is 68.4 Å². The van der Waals surface area contributed by atoms with E-state index in [1.165, 1.54) is 4.57 Å².